The maximum Gasteiger partial charge on any atom is -0.0185 e. The van der Waals surface area contributed by atoms with Gasteiger partial charge in [-0.2, -0.15) is 0 Å². The van der Waals surface area contributed by atoms with E-state index in [1.54, 1.807) is 6.08 Å². The molecule has 0 saturated heterocycles. The molecule has 0 aromatic heterocycles. The largest absolute Gasteiger partial charge is 0.0991 e. The first kappa shape index (κ1) is 10.5. The molecule has 72 valence electrons. The second-order valence-electron chi connectivity index (χ2n) is 3.37. The molecule has 1 rings (SSSR count). The number of allylic oxidation sites excluding steroid dienone is 5. The minimum atomic E-state index is 1.26. The molecule has 0 aliphatic rings. The average molecular weight is 184 g/mol. The van der Waals surface area contributed by atoms with Gasteiger partial charge in [0.25, 0.3) is 0 Å². The zero-order valence-corrected chi connectivity index (χ0v) is 8.83. The molecular weight excluding hydrogens is 168 g/mol. The third-order valence-corrected chi connectivity index (χ3v) is 2.02. The molecule has 0 saturated carbocycles. The highest BCUT2D eigenvalue weighted by Gasteiger charge is 1.97. The highest BCUT2D eigenvalue weighted by Crippen LogP contribution is 2.19. The van der Waals surface area contributed by atoms with Gasteiger partial charge in [-0.25, -0.2) is 0 Å². The molecule has 0 fully saturated rings. The van der Waals surface area contributed by atoms with Gasteiger partial charge in [0.1, 0.15) is 0 Å². The second-order valence-corrected chi connectivity index (χ2v) is 3.37. The van der Waals surface area contributed by atoms with Gasteiger partial charge in [0.15, 0.2) is 0 Å². The Morgan fingerprint density at radius 3 is 2.29 bits per heavy atom. The summed E-state index contributed by atoms with van der Waals surface area (Å²) in [6.45, 7) is 7.92. The summed E-state index contributed by atoms with van der Waals surface area (Å²) in [6, 6.07) is 10.4. The van der Waals surface area contributed by atoms with Crippen molar-refractivity contribution in [3.05, 3.63) is 66.3 Å². The average Bonchev–Trinajstić information content (AvgIpc) is 2.19. The molecule has 0 heterocycles. The number of hydrogen-bond acceptors (Lipinski definition) is 0. The van der Waals surface area contributed by atoms with Gasteiger partial charge in [0.2, 0.25) is 0 Å². The van der Waals surface area contributed by atoms with E-state index in [0.29, 0.717) is 0 Å². The fourth-order valence-electron chi connectivity index (χ4n) is 1.33. The van der Waals surface area contributed by atoms with Crippen LogP contribution < -0.4 is 0 Å². The minimum absolute atomic E-state index is 1.26. The molecule has 1 aromatic rings. The molecule has 0 nitrogen and oxygen atoms in total. The van der Waals surface area contributed by atoms with Crippen LogP contribution in [-0.2, 0) is 0 Å². The number of hydrogen-bond donors (Lipinski definition) is 0. The maximum absolute atomic E-state index is 3.68. The molecule has 0 amide bonds. The monoisotopic (exact) mass is 184 g/mol. The minimum Gasteiger partial charge on any atom is -0.0991 e. The Labute approximate surface area is 86.3 Å². The van der Waals surface area contributed by atoms with E-state index < -0.39 is 0 Å². The topological polar surface area (TPSA) is 0 Å². The highest BCUT2D eigenvalue weighted by atomic mass is 14.0. The molecule has 0 aliphatic carbocycles. The lowest BCUT2D eigenvalue weighted by Gasteiger charge is -2.04. The van der Waals surface area contributed by atoms with Gasteiger partial charge in [-0.3, -0.25) is 0 Å². The van der Waals surface area contributed by atoms with Crippen molar-refractivity contribution in [3.63, 3.8) is 0 Å². The summed E-state index contributed by atoms with van der Waals surface area (Å²) in [5.74, 6) is 0. The Hall–Kier alpha value is -1.56. The predicted octanol–water partition coefficient (Wildman–Crippen LogP) is 4.22. The van der Waals surface area contributed by atoms with Crippen molar-refractivity contribution in [2.45, 2.75) is 13.8 Å². The first-order valence-electron chi connectivity index (χ1n) is 4.77. The van der Waals surface area contributed by atoms with Crippen LogP contribution in [0.2, 0.25) is 0 Å². The molecule has 0 heteroatoms. The van der Waals surface area contributed by atoms with Gasteiger partial charge in [-0.15, -0.1) is 0 Å². The van der Waals surface area contributed by atoms with Gasteiger partial charge in [-0.1, -0.05) is 60.7 Å². The van der Waals surface area contributed by atoms with E-state index in [2.05, 4.69) is 50.8 Å². The maximum atomic E-state index is 3.68. The van der Waals surface area contributed by atoms with Crippen LogP contribution in [-0.4, -0.2) is 0 Å². The molecule has 0 bridgehead atoms. The number of benzene rings is 1. The summed E-state index contributed by atoms with van der Waals surface area (Å²) in [4.78, 5) is 0. The van der Waals surface area contributed by atoms with E-state index in [9.17, 15) is 0 Å². The SMILES string of the molecule is C=C/C=C/C(=C(C)C)c1ccccc1. The molecule has 0 unspecified atom stereocenters. The lowest BCUT2D eigenvalue weighted by atomic mass is 10.0. The summed E-state index contributed by atoms with van der Waals surface area (Å²) in [6.07, 6.45) is 5.86. The van der Waals surface area contributed by atoms with Crippen molar-refractivity contribution in [1.29, 1.82) is 0 Å². The van der Waals surface area contributed by atoms with Gasteiger partial charge in [-0.05, 0) is 25.0 Å². The molecule has 1 aromatic carbocycles. The summed E-state index contributed by atoms with van der Waals surface area (Å²) in [7, 11) is 0. The number of rotatable bonds is 3. The van der Waals surface area contributed by atoms with E-state index >= 15 is 0 Å². The molecule has 0 spiro atoms. The van der Waals surface area contributed by atoms with Crippen molar-refractivity contribution < 1.29 is 0 Å². The van der Waals surface area contributed by atoms with Crippen molar-refractivity contribution >= 4 is 5.57 Å². The van der Waals surface area contributed by atoms with E-state index in [1.165, 1.54) is 16.7 Å². The van der Waals surface area contributed by atoms with Crippen LogP contribution in [0.3, 0.4) is 0 Å². The summed E-state index contributed by atoms with van der Waals surface area (Å²) < 4.78 is 0. The fraction of sp³-hybridized carbons (Fsp3) is 0.143. The van der Waals surface area contributed by atoms with Gasteiger partial charge < -0.3 is 0 Å². The van der Waals surface area contributed by atoms with E-state index in [4.69, 9.17) is 0 Å². The lowest BCUT2D eigenvalue weighted by Crippen LogP contribution is -1.82. The zero-order valence-electron chi connectivity index (χ0n) is 8.83. The van der Waals surface area contributed by atoms with E-state index in [0.717, 1.165) is 0 Å². The van der Waals surface area contributed by atoms with Crippen molar-refractivity contribution in [2.75, 3.05) is 0 Å². The molecule has 14 heavy (non-hydrogen) atoms. The Morgan fingerprint density at radius 1 is 1.14 bits per heavy atom. The van der Waals surface area contributed by atoms with Crippen LogP contribution >= 0.6 is 0 Å². The summed E-state index contributed by atoms with van der Waals surface area (Å²) in [5, 5.41) is 0. The van der Waals surface area contributed by atoms with Crippen LogP contribution in [0.5, 0.6) is 0 Å². The van der Waals surface area contributed by atoms with Crippen molar-refractivity contribution in [1.82, 2.24) is 0 Å². The van der Waals surface area contributed by atoms with Gasteiger partial charge >= 0.3 is 0 Å². The Kier molecular flexibility index (Phi) is 3.93. The quantitative estimate of drug-likeness (QED) is 0.617. The lowest BCUT2D eigenvalue weighted by molar-refractivity contribution is 1.39. The first-order chi connectivity index (χ1) is 6.75. The second kappa shape index (κ2) is 5.23. The molecule has 0 N–H and O–H groups in total. The molecular formula is C14H16. The van der Waals surface area contributed by atoms with Crippen LogP contribution in [0.4, 0.5) is 0 Å². The summed E-state index contributed by atoms with van der Waals surface area (Å²) in [5.41, 5.74) is 3.84. The standard InChI is InChI=1S/C14H16/c1-4-5-11-14(12(2)3)13-9-7-6-8-10-13/h4-11H,1H2,2-3H3/b11-5+. The highest BCUT2D eigenvalue weighted by molar-refractivity contribution is 5.76. The van der Waals surface area contributed by atoms with Crippen LogP contribution in [0.15, 0.2) is 60.7 Å². The Balaban J connectivity index is 3.09. The molecule has 0 aliphatic heterocycles. The van der Waals surface area contributed by atoms with E-state index in [-0.39, 0.29) is 0 Å². The van der Waals surface area contributed by atoms with Crippen LogP contribution in [0, 0.1) is 0 Å². The van der Waals surface area contributed by atoms with Crippen LogP contribution in [0.1, 0.15) is 19.4 Å². The first-order valence-corrected chi connectivity index (χ1v) is 4.77. The van der Waals surface area contributed by atoms with Gasteiger partial charge in [0, 0.05) is 0 Å². The van der Waals surface area contributed by atoms with Crippen molar-refractivity contribution in [2.24, 2.45) is 0 Å². The third kappa shape index (κ3) is 2.74. The van der Waals surface area contributed by atoms with Crippen LogP contribution in [0.25, 0.3) is 5.57 Å². The zero-order chi connectivity index (χ0) is 10.4. The fourth-order valence-corrected chi connectivity index (χ4v) is 1.33. The third-order valence-electron chi connectivity index (χ3n) is 2.02. The normalized spacial score (nSPS) is 10.1. The molecule has 0 radical (unpaired) electrons. The van der Waals surface area contributed by atoms with E-state index in [1.807, 2.05) is 12.1 Å². The van der Waals surface area contributed by atoms with Crippen molar-refractivity contribution in [3.8, 4) is 0 Å². The Morgan fingerprint density at radius 2 is 1.79 bits per heavy atom. The summed E-state index contributed by atoms with van der Waals surface area (Å²) >= 11 is 0. The smallest absolute Gasteiger partial charge is 0.0185 e. The van der Waals surface area contributed by atoms with Gasteiger partial charge in [0.05, 0.1) is 0 Å². The Bertz CT molecular complexity index is 349. The predicted molar refractivity (Wildman–Crippen MR) is 64.0 cm³/mol. The molecule has 0 atom stereocenters.